The molecule has 1 heterocycles. The molecule has 4 nitrogen and oxygen atoms in total. The van der Waals surface area contributed by atoms with Crippen molar-refractivity contribution in [3.63, 3.8) is 0 Å². The molecule has 19 heavy (non-hydrogen) atoms. The summed E-state index contributed by atoms with van der Waals surface area (Å²) in [6.45, 7) is 2.51. The molecule has 0 unspecified atom stereocenters. The predicted octanol–water partition coefficient (Wildman–Crippen LogP) is 3.40. The molecule has 0 aliphatic carbocycles. The van der Waals surface area contributed by atoms with Crippen LogP contribution >= 0.6 is 12.6 Å². The number of carboxylic acids is 1. The molecule has 1 N–H and O–H groups in total. The van der Waals surface area contributed by atoms with Gasteiger partial charge in [-0.25, -0.2) is 9.78 Å². The molecule has 0 atom stereocenters. The molecule has 1 aromatic carbocycles. The molecule has 100 valence electrons. The van der Waals surface area contributed by atoms with Crippen LogP contribution in [0.25, 0.3) is 10.9 Å². The number of fused-ring (bicyclic) bond motifs is 1. The maximum atomic E-state index is 11.2. The Morgan fingerprint density at radius 1 is 1.42 bits per heavy atom. The Hall–Kier alpha value is -1.75. The Balaban J connectivity index is 2.45. The number of carbonyl (C=O) groups is 1. The molecule has 5 heteroatoms. The average molecular weight is 277 g/mol. The van der Waals surface area contributed by atoms with E-state index >= 15 is 0 Å². The van der Waals surface area contributed by atoms with Crippen molar-refractivity contribution < 1.29 is 14.6 Å². The van der Waals surface area contributed by atoms with E-state index in [1.807, 2.05) is 6.92 Å². The number of nitrogens with zero attached hydrogens (tertiary/aromatic N) is 1. The van der Waals surface area contributed by atoms with Crippen LogP contribution in [0, 0.1) is 0 Å². The fourth-order valence-electron chi connectivity index (χ4n) is 1.71. The minimum absolute atomic E-state index is 0.0931. The van der Waals surface area contributed by atoms with Crippen molar-refractivity contribution in [2.45, 2.75) is 24.7 Å². The van der Waals surface area contributed by atoms with Gasteiger partial charge in [0.25, 0.3) is 0 Å². The molecule has 0 fully saturated rings. The van der Waals surface area contributed by atoms with E-state index in [2.05, 4.69) is 17.6 Å². The van der Waals surface area contributed by atoms with E-state index in [1.54, 1.807) is 24.3 Å². The Bertz CT molecular complexity index is 613. The molecule has 0 spiro atoms. The molecule has 0 radical (unpaired) electrons. The maximum absolute atomic E-state index is 11.2. The van der Waals surface area contributed by atoms with Crippen molar-refractivity contribution in [3.8, 4) is 5.88 Å². The third-order valence-electron chi connectivity index (χ3n) is 2.73. The standard InChI is InChI=1S/C14H15NO3S/c1-2-3-6-18-13-11(14(16)17)7-9-4-5-10(19)8-12(9)15-13/h4-5,7-8,19H,2-3,6H2,1H3,(H,16,17). The second-order valence-corrected chi connectivity index (χ2v) is 4.74. The number of thiol groups is 1. The van der Waals surface area contributed by atoms with Gasteiger partial charge in [-0.15, -0.1) is 12.6 Å². The maximum Gasteiger partial charge on any atom is 0.341 e. The third-order valence-corrected chi connectivity index (χ3v) is 3.01. The Morgan fingerprint density at radius 2 is 2.21 bits per heavy atom. The molecule has 1 aromatic heterocycles. The number of rotatable bonds is 5. The van der Waals surface area contributed by atoms with Gasteiger partial charge in [-0.05, 0) is 24.6 Å². The van der Waals surface area contributed by atoms with Crippen LogP contribution in [-0.4, -0.2) is 22.7 Å². The lowest BCUT2D eigenvalue weighted by Gasteiger charge is -2.09. The lowest BCUT2D eigenvalue weighted by Crippen LogP contribution is -2.06. The molecular weight excluding hydrogens is 262 g/mol. The van der Waals surface area contributed by atoms with Gasteiger partial charge in [0.15, 0.2) is 0 Å². The van der Waals surface area contributed by atoms with Crippen LogP contribution in [0.3, 0.4) is 0 Å². The first-order valence-electron chi connectivity index (χ1n) is 6.11. The zero-order chi connectivity index (χ0) is 13.8. The Labute approximate surface area is 116 Å². The summed E-state index contributed by atoms with van der Waals surface area (Å²) in [7, 11) is 0. The van der Waals surface area contributed by atoms with Gasteiger partial charge in [0.1, 0.15) is 5.56 Å². The van der Waals surface area contributed by atoms with E-state index in [9.17, 15) is 9.90 Å². The molecule has 0 saturated heterocycles. The highest BCUT2D eigenvalue weighted by Crippen LogP contribution is 2.24. The molecule has 0 aliphatic rings. The van der Waals surface area contributed by atoms with Gasteiger partial charge in [-0.1, -0.05) is 19.4 Å². The second-order valence-electron chi connectivity index (χ2n) is 4.23. The highest BCUT2D eigenvalue weighted by atomic mass is 32.1. The summed E-state index contributed by atoms with van der Waals surface area (Å²) in [5, 5.41) is 9.96. The minimum Gasteiger partial charge on any atom is -0.477 e. The topological polar surface area (TPSA) is 59.4 Å². The molecule has 2 aromatic rings. The van der Waals surface area contributed by atoms with Crippen molar-refractivity contribution in [2.75, 3.05) is 6.61 Å². The van der Waals surface area contributed by atoms with Crippen LogP contribution in [0.4, 0.5) is 0 Å². The largest absolute Gasteiger partial charge is 0.477 e. The van der Waals surface area contributed by atoms with E-state index in [0.29, 0.717) is 12.1 Å². The van der Waals surface area contributed by atoms with Crippen molar-refractivity contribution in [2.24, 2.45) is 0 Å². The van der Waals surface area contributed by atoms with Crippen LogP contribution in [0.5, 0.6) is 5.88 Å². The lowest BCUT2D eigenvalue weighted by atomic mass is 10.1. The summed E-state index contributed by atoms with van der Waals surface area (Å²) in [6, 6.07) is 6.97. The summed E-state index contributed by atoms with van der Waals surface area (Å²) >= 11 is 4.25. The molecule has 2 rings (SSSR count). The summed E-state index contributed by atoms with van der Waals surface area (Å²) in [6.07, 6.45) is 1.85. The van der Waals surface area contributed by atoms with Gasteiger partial charge >= 0.3 is 5.97 Å². The van der Waals surface area contributed by atoms with Gasteiger partial charge in [0, 0.05) is 10.3 Å². The number of carboxylic acid groups (broad SMARTS) is 1. The number of hydrogen-bond acceptors (Lipinski definition) is 4. The van der Waals surface area contributed by atoms with Crippen molar-refractivity contribution in [3.05, 3.63) is 29.8 Å². The number of benzene rings is 1. The van der Waals surface area contributed by atoms with Crippen LogP contribution < -0.4 is 4.74 Å². The van der Waals surface area contributed by atoms with Gasteiger partial charge in [0.05, 0.1) is 12.1 Å². The number of aromatic nitrogens is 1. The first-order chi connectivity index (χ1) is 9.11. The molecule has 0 bridgehead atoms. The highest BCUT2D eigenvalue weighted by molar-refractivity contribution is 7.80. The fourth-order valence-corrected chi connectivity index (χ4v) is 1.91. The Kier molecular flexibility index (Phi) is 4.27. The number of aromatic carboxylic acids is 1. The summed E-state index contributed by atoms with van der Waals surface area (Å²) in [5.74, 6) is -0.858. The zero-order valence-corrected chi connectivity index (χ0v) is 11.5. The first kappa shape index (κ1) is 13.7. The van der Waals surface area contributed by atoms with Crippen LogP contribution in [-0.2, 0) is 0 Å². The van der Waals surface area contributed by atoms with E-state index in [1.165, 1.54) is 0 Å². The SMILES string of the molecule is CCCCOc1nc2cc(S)ccc2cc1C(=O)O. The van der Waals surface area contributed by atoms with Gasteiger partial charge in [-0.2, -0.15) is 0 Å². The number of pyridine rings is 1. The minimum atomic E-state index is -1.03. The third kappa shape index (κ3) is 3.17. The summed E-state index contributed by atoms with van der Waals surface area (Å²) < 4.78 is 5.47. The fraction of sp³-hybridized carbons (Fsp3) is 0.286. The molecule has 0 aliphatic heterocycles. The van der Waals surface area contributed by atoms with Crippen molar-refractivity contribution in [1.29, 1.82) is 0 Å². The van der Waals surface area contributed by atoms with Crippen LogP contribution in [0.1, 0.15) is 30.1 Å². The van der Waals surface area contributed by atoms with Crippen LogP contribution in [0.2, 0.25) is 0 Å². The highest BCUT2D eigenvalue weighted by Gasteiger charge is 2.14. The van der Waals surface area contributed by atoms with E-state index in [4.69, 9.17) is 4.74 Å². The lowest BCUT2D eigenvalue weighted by molar-refractivity contribution is 0.0691. The van der Waals surface area contributed by atoms with Crippen LogP contribution in [0.15, 0.2) is 29.2 Å². The smallest absolute Gasteiger partial charge is 0.341 e. The van der Waals surface area contributed by atoms with Gasteiger partial charge in [0.2, 0.25) is 5.88 Å². The average Bonchev–Trinajstić information content (AvgIpc) is 2.37. The van der Waals surface area contributed by atoms with Gasteiger partial charge < -0.3 is 9.84 Å². The monoisotopic (exact) mass is 277 g/mol. The molecule has 0 amide bonds. The normalized spacial score (nSPS) is 10.6. The van der Waals surface area contributed by atoms with E-state index in [-0.39, 0.29) is 11.4 Å². The summed E-state index contributed by atoms with van der Waals surface area (Å²) in [5.41, 5.74) is 0.777. The van der Waals surface area contributed by atoms with E-state index < -0.39 is 5.97 Å². The van der Waals surface area contributed by atoms with Gasteiger partial charge in [-0.3, -0.25) is 0 Å². The quantitative estimate of drug-likeness (QED) is 0.649. The van der Waals surface area contributed by atoms with E-state index in [0.717, 1.165) is 23.1 Å². The summed E-state index contributed by atoms with van der Waals surface area (Å²) in [4.78, 5) is 16.3. The number of ether oxygens (including phenoxy) is 1. The van der Waals surface area contributed by atoms with Crippen molar-refractivity contribution >= 4 is 29.5 Å². The number of hydrogen-bond donors (Lipinski definition) is 2. The number of unbranched alkanes of at least 4 members (excludes halogenated alkanes) is 1. The molecular formula is C14H15NO3S. The second kappa shape index (κ2) is 5.93. The zero-order valence-electron chi connectivity index (χ0n) is 10.6. The van der Waals surface area contributed by atoms with Crippen molar-refractivity contribution in [1.82, 2.24) is 4.98 Å². The Morgan fingerprint density at radius 3 is 2.89 bits per heavy atom. The molecule has 0 saturated carbocycles. The first-order valence-corrected chi connectivity index (χ1v) is 6.56. The predicted molar refractivity (Wildman–Crippen MR) is 76.4 cm³/mol.